The van der Waals surface area contributed by atoms with Gasteiger partial charge < -0.3 is 10.1 Å². The van der Waals surface area contributed by atoms with Crippen molar-refractivity contribution >= 4 is 46.6 Å². The lowest BCUT2D eigenvalue weighted by Gasteiger charge is -2.06. The van der Waals surface area contributed by atoms with Gasteiger partial charge in [-0.3, -0.25) is 9.89 Å². The average molecular weight is 437 g/mol. The van der Waals surface area contributed by atoms with Crippen LogP contribution in [0, 0.1) is 0 Å². The van der Waals surface area contributed by atoms with E-state index in [2.05, 4.69) is 27.4 Å². The van der Waals surface area contributed by atoms with Gasteiger partial charge in [-0.2, -0.15) is 0 Å². The van der Waals surface area contributed by atoms with Crippen molar-refractivity contribution < 1.29 is 9.53 Å². The van der Waals surface area contributed by atoms with E-state index < -0.39 is 0 Å². The van der Waals surface area contributed by atoms with Crippen LogP contribution >= 0.6 is 35.0 Å². The third-order valence-electron chi connectivity index (χ3n) is 3.76. The van der Waals surface area contributed by atoms with Crippen LogP contribution in [0.2, 0.25) is 10.0 Å². The SMILES string of the molecule is CCc1ccc(OCc2nc(SCC(=O)Nc3ccc(Cl)cc3Cl)n[nH]2)cc1. The second-order valence-electron chi connectivity index (χ2n) is 5.81. The number of rotatable bonds is 8. The van der Waals surface area contributed by atoms with Gasteiger partial charge in [0, 0.05) is 5.02 Å². The molecule has 28 heavy (non-hydrogen) atoms. The van der Waals surface area contributed by atoms with E-state index in [0.29, 0.717) is 26.7 Å². The molecule has 6 nitrogen and oxygen atoms in total. The molecule has 0 aliphatic heterocycles. The van der Waals surface area contributed by atoms with Crippen LogP contribution in [0.5, 0.6) is 5.75 Å². The molecule has 0 radical (unpaired) electrons. The van der Waals surface area contributed by atoms with Gasteiger partial charge in [0.05, 0.1) is 16.5 Å². The number of aromatic amines is 1. The maximum Gasteiger partial charge on any atom is 0.234 e. The molecule has 0 aliphatic carbocycles. The molecular weight excluding hydrogens is 419 g/mol. The summed E-state index contributed by atoms with van der Waals surface area (Å²) >= 11 is 13.1. The zero-order valence-electron chi connectivity index (χ0n) is 15.0. The summed E-state index contributed by atoms with van der Waals surface area (Å²) in [7, 11) is 0. The molecule has 3 rings (SSSR count). The van der Waals surface area contributed by atoms with Crippen molar-refractivity contribution in [2.75, 3.05) is 11.1 Å². The molecule has 2 N–H and O–H groups in total. The van der Waals surface area contributed by atoms with Crippen LogP contribution in [0.25, 0.3) is 0 Å². The highest BCUT2D eigenvalue weighted by molar-refractivity contribution is 7.99. The van der Waals surface area contributed by atoms with Gasteiger partial charge in [0.2, 0.25) is 11.1 Å². The summed E-state index contributed by atoms with van der Waals surface area (Å²) in [5, 5.41) is 11.0. The number of carbonyl (C=O) groups excluding carboxylic acids is 1. The third kappa shape index (κ3) is 5.89. The highest BCUT2D eigenvalue weighted by Gasteiger charge is 2.10. The van der Waals surface area contributed by atoms with Gasteiger partial charge in [0.15, 0.2) is 5.82 Å². The number of thioether (sulfide) groups is 1. The van der Waals surface area contributed by atoms with Crippen LogP contribution in [0.1, 0.15) is 18.3 Å². The molecule has 0 unspecified atom stereocenters. The van der Waals surface area contributed by atoms with Crippen LogP contribution < -0.4 is 10.1 Å². The number of nitrogens with one attached hydrogen (secondary N) is 2. The standard InChI is InChI=1S/C19H18Cl2N4O2S/c1-2-12-3-6-14(7-4-12)27-10-17-23-19(25-24-17)28-11-18(26)22-16-8-5-13(20)9-15(16)21/h3-9H,2,10-11H2,1H3,(H,22,26)(H,23,24,25). The lowest BCUT2D eigenvalue weighted by molar-refractivity contribution is -0.113. The minimum Gasteiger partial charge on any atom is -0.486 e. The Bertz CT molecular complexity index is 947. The Morgan fingerprint density at radius 1 is 1.21 bits per heavy atom. The maximum atomic E-state index is 12.1. The minimum absolute atomic E-state index is 0.148. The van der Waals surface area contributed by atoms with Crippen LogP contribution in [0.15, 0.2) is 47.6 Å². The number of hydrogen-bond donors (Lipinski definition) is 2. The second kappa shape index (κ2) is 9.82. The molecular formula is C19H18Cl2N4O2S. The van der Waals surface area contributed by atoms with E-state index in [9.17, 15) is 4.79 Å². The van der Waals surface area contributed by atoms with E-state index in [0.717, 1.165) is 12.2 Å². The molecule has 3 aromatic rings. The van der Waals surface area contributed by atoms with Crippen LogP contribution in [0.4, 0.5) is 5.69 Å². The Balaban J connectivity index is 1.46. The summed E-state index contributed by atoms with van der Waals surface area (Å²) in [6.45, 7) is 2.37. The fourth-order valence-electron chi connectivity index (χ4n) is 2.29. The number of nitrogens with zero attached hydrogens (tertiary/aromatic N) is 2. The van der Waals surface area contributed by atoms with Crippen molar-refractivity contribution in [1.29, 1.82) is 0 Å². The van der Waals surface area contributed by atoms with Gasteiger partial charge in [-0.1, -0.05) is 54.0 Å². The lowest BCUT2D eigenvalue weighted by Crippen LogP contribution is -2.14. The number of carbonyl (C=O) groups is 1. The first kappa shape index (κ1) is 20.5. The van der Waals surface area contributed by atoms with Crippen molar-refractivity contribution in [2.24, 2.45) is 0 Å². The Kier molecular flexibility index (Phi) is 7.19. The van der Waals surface area contributed by atoms with Gasteiger partial charge in [-0.15, -0.1) is 5.10 Å². The normalized spacial score (nSPS) is 10.7. The van der Waals surface area contributed by atoms with E-state index in [4.69, 9.17) is 27.9 Å². The summed E-state index contributed by atoms with van der Waals surface area (Å²) in [4.78, 5) is 16.4. The molecule has 9 heteroatoms. The van der Waals surface area contributed by atoms with E-state index in [1.54, 1.807) is 18.2 Å². The van der Waals surface area contributed by atoms with Gasteiger partial charge in [-0.25, -0.2) is 4.98 Å². The molecule has 0 bridgehead atoms. The Morgan fingerprint density at radius 2 is 2.00 bits per heavy atom. The van der Waals surface area contributed by atoms with Crippen molar-refractivity contribution in [3.8, 4) is 5.75 Å². The first-order valence-electron chi connectivity index (χ1n) is 8.54. The van der Waals surface area contributed by atoms with Gasteiger partial charge in [0.1, 0.15) is 12.4 Å². The van der Waals surface area contributed by atoms with Crippen LogP contribution in [0.3, 0.4) is 0 Å². The topological polar surface area (TPSA) is 79.9 Å². The smallest absolute Gasteiger partial charge is 0.234 e. The minimum atomic E-state index is -0.215. The third-order valence-corrected chi connectivity index (χ3v) is 5.15. The average Bonchev–Trinajstić information content (AvgIpc) is 3.15. The lowest BCUT2D eigenvalue weighted by atomic mass is 10.2. The summed E-state index contributed by atoms with van der Waals surface area (Å²) < 4.78 is 5.68. The molecule has 146 valence electrons. The zero-order chi connectivity index (χ0) is 19.9. The number of ether oxygens (including phenoxy) is 1. The predicted molar refractivity (Wildman–Crippen MR) is 112 cm³/mol. The van der Waals surface area contributed by atoms with Gasteiger partial charge in [0.25, 0.3) is 0 Å². The van der Waals surface area contributed by atoms with Crippen LogP contribution in [-0.4, -0.2) is 26.8 Å². The van der Waals surface area contributed by atoms with Crippen LogP contribution in [-0.2, 0) is 17.8 Å². The largest absolute Gasteiger partial charge is 0.486 e. The number of aryl methyl sites for hydroxylation is 1. The van der Waals surface area contributed by atoms with E-state index in [1.165, 1.54) is 17.3 Å². The summed E-state index contributed by atoms with van der Waals surface area (Å²) in [6, 6.07) is 12.8. The summed E-state index contributed by atoms with van der Waals surface area (Å²) in [5.74, 6) is 1.29. The second-order valence-corrected chi connectivity index (χ2v) is 7.60. The quantitative estimate of drug-likeness (QED) is 0.486. The van der Waals surface area contributed by atoms with Crippen molar-refractivity contribution in [2.45, 2.75) is 25.1 Å². The maximum absolute atomic E-state index is 12.1. The molecule has 0 saturated carbocycles. The number of halogens is 2. The van der Waals surface area contributed by atoms with Gasteiger partial charge >= 0.3 is 0 Å². The summed E-state index contributed by atoms with van der Waals surface area (Å²) in [5.41, 5.74) is 1.76. The monoisotopic (exact) mass is 436 g/mol. The first-order chi connectivity index (χ1) is 13.5. The van der Waals surface area contributed by atoms with Crippen molar-refractivity contribution in [3.05, 3.63) is 63.9 Å². The molecule has 2 aromatic carbocycles. The number of anilines is 1. The molecule has 0 saturated heterocycles. The number of aromatic nitrogens is 3. The van der Waals surface area contributed by atoms with E-state index in [1.807, 2.05) is 24.3 Å². The first-order valence-corrected chi connectivity index (χ1v) is 10.3. The number of amides is 1. The molecule has 1 amide bonds. The fraction of sp³-hybridized carbons (Fsp3) is 0.211. The summed E-state index contributed by atoms with van der Waals surface area (Å²) in [6.07, 6.45) is 0.987. The fourth-order valence-corrected chi connectivity index (χ4v) is 3.36. The molecule has 1 aromatic heterocycles. The highest BCUT2D eigenvalue weighted by atomic mass is 35.5. The number of H-pyrrole nitrogens is 1. The Morgan fingerprint density at radius 3 is 2.71 bits per heavy atom. The molecule has 0 atom stereocenters. The van der Waals surface area contributed by atoms with Gasteiger partial charge in [-0.05, 0) is 42.3 Å². The molecule has 0 spiro atoms. The zero-order valence-corrected chi connectivity index (χ0v) is 17.4. The number of benzene rings is 2. The molecule has 1 heterocycles. The highest BCUT2D eigenvalue weighted by Crippen LogP contribution is 2.25. The predicted octanol–water partition coefficient (Wildman–Crippen LogP) is 4.98. The Labute approximate surface area is 177 Å². The molecule has 0 fully saturated rings. The van der Waals surface area contributed by atoms with E-state index in [-0.39, 0.29) is 18.3 Å². The van der Waals surface area contributed by atoms with Crippen molar-refractivity contribution in [3.63, 3.8) is 0 Å². The molecule has 0 aliphatic rings. The van der Waals surface area contributed by atoms with Crippen molar-refractivity contribution in [1.82, 2.24) is 15.2 Å². The Hall–Kier alpha value is -2.22. The number of hydrogen-bond acceptors (Lipinski definition) is 5. The van der Waals surface area contributed by atoms with E-state index >= 15 is 0 Å².